The Hall–Kier alpha value is -1.37. The van der Waals surface area contributed by atoms with Crippen LogP contribution < -0.4 is 5.32 Å². The zero-order chi connectivity index (χ0) is 17.1. The van der Waals surface area contributed by atoms with Gasteiger partial charge in [-0.2, -0.15) is 0 Å². The maximum Gasteiger partial charge on any atom is 0.253 e. The molecule has 7 heteroatoms. The Balaban J connectivity index is 0.00000131. The van der Waals surface area contributed by atoms with Crippen LogP contribution in [-0.2, 0) is 16.1 Å². The van der Waals surface area contributed by atoms with Gasteiger partial charge in [0, 0.05) is 45.8 Å². The number of ether oxygens (including phenoxy) is 1. The van der Waals surface area contributed by atoms with E-state index in [0.29, 0.717) is 13.2 Å². The number of carbonyl (C=O) groups excluding carboxylic acids is 1. The quantitative estimate of drug-likeness (QED) is 0.841. The second-order valence-corrected chi connectivity index (χ2v) is 6.80. The number of nitrogens with zero attached hydrogens (tertiary/aromatic N) is 2. The Labute approximate surface area is 172 Å². The average molecular weight is 412 g/mol. The van der Waals surface area contributed by atoms with E-state index in [0.717, 1.165) is 39.3 Å². The molecule has 0 radical (unpaired) electrons. The number of nitrogens with one attached hydrogen (secondary N) is 1. The standard InChI is InChI=1S/C20H25N3O2.2ClH/c24-20(19-14-21-8-13-25-19)23-11-9-22(10-12-23)15-17-6-3-5-16-4-1-2-7-18(16)17;;/h1-7,19,21H,8-15H2;2*1H. The van der Waals surface area contributed by atoms with E-state index in [-0.39, 0.29) is 36.8 Å². The van der Waals surface area contributed by atoms with Gasteiger partial charge in [0.15, 0.2) is 0 Å². The number of hydrogen-bond acceptors (Lipinski definition) is 4. The predicted octanol–water partition coefficient (Wildman–Crippen LogP) is 2.32. The molecule has 1 amide bonds. The molecular weight excluding hydrogens is 385 g/mol. The van der Waals surface area contributed by atoms with Crippen molar-refractivity contribution in [2.24, 2.45) is 0 Å². The highest BCUT2D eigenvalue weighted by molar-refractivity contribution is 5.86. The molecule has 0 aromatic heterocycles. The zero-order valence-corrected chi connectivity index (χ0v) is 16.9. The van der Waals surface area contributed by atoms with Crippen molar-refractivity contribution < 1.29 is 9.53 Å². The third-order valence-electron chi connectivity index (χ3n) is 5.16. The lowest BCUT2D eigenvalue weighted by molar-refractivity contribution is -0.147. The molecule has 1 unspecified atom stereocenters. The second-order valence-electron chi connectivity index (χ2n) is 6.80. The van der Waals surface area contributed by atoms with Gasteiger partial charge in [0.1, 0.15) is 6.10 Å². The molecule has 2 aromatic carbocycles. The van der Waals surface area contributed by atoms with Gasteiger partial charge in [-0.15, -0.1) is 24.8 Å². The summed E-state index contributed by atoms with van der Waals surface area (Å²) in [6.07, 6.45) is -0.307. The zero-order valence-electron chi connectivity index (χ0n) is 15.3. The fourth-order valence-electron chi connectivity index (χ4n) is 3.73. The van der Waals surface area contributed by atoms with E-state index in [4.69, 9.17) is 4.74 Å². The van der Waals surface area contributed by atoms with Crippen molar-refractivity contribution in [1.82, 2.24) is 15.1 Å². The number of carbonyl (C=O) groups is 1. The van der Waals surface area contributed by atoms with E-state index in [1.165, 1.54) is 16.3 Å². The maximum absolute atomic E-state index is 12.5. The molecular formula is C20H27Cl2N3O2. The molecule has 2 heterocycles. The number of morpholine rings is 1. The highest BCUT2D eigenvalue weighted by atomic mass is 35.5. The van der Waals surface area contributed by atoms with E-state index < -0.39 is 0 Å². The van der Waals surface area contributed by atoms with Crippen LogP contribution >= 0.6 is 24.8 Å². The molecule has 27 heavy (non-hydrogen) atoms. The molecule has 1 atom stereocenters. The molecule has 2 aliphatic heterocycles. The smallest absolute Gasteiger partial charge is 0.253 e. The molecule has 148 valence electrons. The van der Waals surface area contributed by atoms with Crippen molar-refractivity contribution in [2.45, 2.75) is 12.6 Å². The third-order valence-corrected chi connectivity index (χ3v) is 5.16. The number of halogens is 2. The number of fused-ring (bicyclic) bond motifs is 1. The van der Waals surface area contributed by atoms with E-state index >= 15 is 0 Å². The molecule has 5 nitrogen and oxygen atoms in total. The molecule has 1 N–H and O–H groups in total. The summed E-state index contributed by atoms with van der Waals surface area (Å²) in [4.78, 5) is 16.9. The third kappa shape index (κ3) is 5.12. The lowest BCUT2D eigenvalue weighted by Gasteiger charge is -2.37. The van der Waals surface area contributed by atoms with E-state index in [9.17, 15) is 4.79 Å². The summed E-state index contributed by atoms with van der Waals surface area (Å²) in [5, 5.41) is 5.84. The fraction of sp³-hybridized carbons (Fsp3) is 0.450. The monoisotopic (exact) mass is 411 g/mol. The van der Waals surface area contributed by atoms with Crippen LogP contribution in [0.1, 0.15) is 5.56 Å². The summed E-state index contributed by atoms with van der Waals surface area (Å²) >= 11 is 0. The van der Waals surface area contributed by atoms with Crippen molar-refractivity contribution in [2.75, 3.05) is 45.9 Å². The first kappa shape index (κ1) is 21.9. The number of hydrogen-bond donors (Lipinski definition) is 1. The first-order chi connectivity index (χ1) is 12.3. The Bertz CT molecular complexity index is 740. The molecule has 0 saturated carbocycles. The Morgan fingerprint density at radius 1 is 1.04 bits per heavy atom. The van der Waals surface area contributed by atoms with Crippen LogP contribution in [0.5, 0.6) is 0 Å². The Morgan fingerprint density at radius 3 is 2.52 bits per heavy atom. The average Bonchev–Trinajstić information content (AvgIpc) is 2.69. The van der Waals surface area contributed by atoms with Gasteiger partial charge >= 0.3 is 0 Å². The van der Waals surface area contributed by atoms with E-state index in [1.807, 2.05) is 4.90 Å². The summed E-state index contributed by atoms with van der Waals surface area (Å²) in [5.41, 5.74) is 1.36. The number of piperazine rings is 1. The number of benzene rings is 2. The first-order valence-electron chi connectivity index (χ1n) is 9.11. The van der Waals surface area contributed by atoms with Crippen LogP contribution in [0.15, 0.2) is 42.5 Å². The summed E-state index contributed by atoms with van der Waals surface area (Å²) < 4.78 is 5.60. The molecule has 2 fully saturated rings. The lowest BCUT2D eigenvalue weighted by atomic mass is 10.0. The van der Waals surface area contributed by atoms with Crippen LogP contribution in [0.25, 0.3) is 10.8 Å². The molecule has 0 bridgehead atoms. The maximum atomic E-state index is 12.5. The Kier molecular flexibility index (Phi) is 8.32. The van der Waals surface area contributed by atoms with Crippen LogP contribution in [0.4, 0.5) is 0 Å². The minimum atomic E-state index is -0.307. The molecule has 2 aromatic rings. The summed E-state index contributed by atoms with van der Waals surface area (Å²) in [5.74, 6) is 0.136. The SMILES string of the molecule is Cl.Cl.O=C(C1CNCCO1)N1CCN(Cc2cccc3ccccc23)CC1. The molecule has 4 rings (SSSR count). The van der Waals surface area contributed by atoms with Gasteiger partial charge in [0.05, 0.1) is 6.61 Å². The van der Waals surface area contributed by atoms with Crippen molar-refractivity contribution >= 4 is 41.5 Å². The summed E-state index contributed by atoms with van der Waals surface area (Å²) in [6, 6.07) is 15.0. The number of amides is 1. The van der Waals surface area contributed by atoms with Crippen LogP contribution in [-0.4, -0.2) is 67.7 Å². The van der Waals surface area contributed by atoms with Crippen molar-refractivity contribution in [3.63, 3.8) is 0 Å². The van der Waals surface area contributed by atoms with E-state index in [1.54, 1.807) is 0 Å². The second kappa shape index (κ2) is 10.2. The largest absolute Gasteiger partial charge is 0.366 e. The molecule has 2 aliphatic rings. The summed E-state index contributed by atoms with van der Waals surface area (Å²) in [6.45, 7) is 6.41. The fourth-order valence-corrected chi connectivity index (χ4v) is 3.73. The van der Waals surface area contributed by atoms with Crippen LogP contribution in [0, 0.1) is 0 Å². The Morgan fingerprint density at radius 2 is 1.78 bits per heavy atom. The normalized spacial score (nSPS) is 20.6. The van der Waals surface area contributed by atoms with Crippen molar-refractivity contribution in [3.8, 4) is 0 Å². The van der Waals surface area contributed by atoms with Gasteiger partial charge in [-0.25, -0.2) is 0 Å². The minimum Gasteiger partial charge on any atom is -0.366 e. The van der Waals surface area contributed by atoms with Crippen LogP contribution in [0.2, 0.25) is 0 Å². The molecule has 0 aliphatic carbocycles. The van der Waals surface area contributed by atoms with Crippen LogP contribution in [0.3, 0.4) is 0 Å². The minimum absolute atomic E-state index is 0. The molecule has 0 spiro atoms. The van der Waals surface area contributed by atoms with Gasteiger partial charge in [0.25, 0.3) is 5.91 Å². The lowest BCUT2D eigenvalue weighted by Crippen LogP contribution is -2.54. The highest BCUT2D eigenvalue weighted by Crippen LogP contribution is 2.20. The van der Waals surface area contributed by atoms with Crippen molar-refractivity contribution in [1.29, 1.82) is 0 Å². The van der Waals surface area contributed by atoms with Gasteiger partial charge in [0.2, 0.25) is 0 Å². The highest BCUT2D eigenvalue weighted by Gasteiger charge is 2.29. The number of rotatable bonds is 3. The summed E-state index contributed by atoms with van der Waals surface area (Å²) in [7, 11) is 0. The van der Waals surface area contributed by atoms with Crippen molar-refractivity contribution in [3.05, 3.63) is 48.0 Å². The van der Waals surface area contributed by atoms with Gasteiger partial charge in [-0.05, 0) is 16.3 Å². The van der Waals surface area contributed by atoms with Gasteiger partial charge < -0.3 is 15.0 Å². The predicted molar refractivity (Wildman–Crippen MR) is 113 cm³/mol. The van der Waals surface area contributed by atoms with E-state index in [2.05, 4.69) is 52.7 Å². The first-order valence-corrected chi connectivity index (χ1v) is 9.11. The van der Waals surface area contributed by atoms with Gasteiger partial charge in [-0.1, -0.05) is 42.5 Å². The topological polar surface area (TPSA) is 44.8 Å². The molecule has 2 saturated heterocycles. The van der Waals surface area contributed by atoms with Gasteiger partial charge in [-0.3, -0.25) is 9.69 Å².